The molecule has 0 aromatic carbocycles. The summed E-state index contributed by atoms with van der Waals surface area (Å²) in [6, 6.07) is 4.75. The third-order valence-electron chi connectivity index (χ3n) is 5.31. The van der Waals surface area contributed by atoms with E-state index in [9.17, 15) is 0 Å². The molecule has 2 aliphatic rings. The molecule has 1 aromatic rings. The molecule has 130 valence electrons. The van der Waals surface area contributed by atoms with Crippen LogP contribution in [0.3, 0.4) is 0 Å². The van der Waals surface area contributed by atoms with Gasteiger partial charge in [0.15, 0.2) is 5.96 Å². The minimum Gasteiger partial charge on any atom is -0.354 e. The molecule has 1 atom stereocenters. The number of rotatable bonds is 4. The molecule has 0 radical (unpaired) electrons. The lowest BCUT2D eigenvalue weighted by Crippen LogP contribution is -2.45. The maximum Gasteiger partial charge on any atom is 0.193 e. The van der Waals surface area contributed by atoms with Gasteiger partial charge in [-0.1, -0.05) is 12.5 Å². The lowest BCUT2D eigenvalue weighted by atomic mass is 9.68. The first-order chi connectivity index (χ1) is 10.6. The highest BCUT2D eigenvalue weighted by Gasteiger charge is 2.43. The van der Waals surface area contributed by atoms with Crippen molar-refractivity contribution in [3.63, 3.8) is 0 Å². The van der Waals surface area contributed by atoms with E-state index >= 15 is 0 Å². The van der Waals surface area contributed by atoms with Gasteiger partial charge in [-0.2, -0.15) is 0 Å². The second-order valence-corrected chi connectivity index (χ2v) is 7.93. The summed E-state index contributed by atoms with van der Waals surface area (Å²) in [6.45, 7) is 3.26. The fraction of sp³-hybridized carbons (Fsp3) is 0.706. The van der Waals surface area contributed by atoms with Gasteiger partial charge in [-0.3, -0.25) is 4.99 Å². The predicted octanol–water partition coefficient (Wildman–Crippen LogP) is 3.42. The van der Waals surface area contributed by atoms with Crippen LogP contribution in [0.4, 0.5) is 0 Å². The van der Waals surface area contributed by atoms with E-state index in [-0.39, 0.29) is 24.0 Å². The standard InChI is InChI=1S/C17H28N4S.HI/c1-18-16(21-10-9-17(13-21)7-5-8-17)19-12-14(20(2)3)15-6-4-11-22-15;/h4,6,11,14H,5,7-10,12-13H2,1-3H3,(H,18,19);1H. The summed E-state index contributed by atoms with van der Waals surface area (Å²) in [6.07, 6.45) is 5.59. The van der Waals surface area contributed by atoms with Crippen molar-refractivity contribution in [1.82, 2.24) is 15.1 Å². The predicted molar refractivity (Wildman–Crippen MR) is 110 cm³/mol. The molecule has 3 rings (SSSR count). The van der Waals surface area contributed by atoms with Crippen molar-refractivity contribution < 1.29 is 0 Å². The monoisotopic (exact) mass is 448 g/mol. The van der Waals surface area contributed by atoms with Crippen LogP contribution in [-0.2, 0) is 0 Å². The molecule has 1 saturated heterocycles. The van der Waals surface area contributed by atoms with Gasteiger partial charge in [0.2, 0.25) is 0 Å². The van der Waals surface area contributed by atoms with E-state index in [1.165, 1.54) is 37.1 Å². The molecule has 1 saturated carbocycles. The quantitative estimate of drug-likeness (QED) is 0.435. The van der Waals surface area contributed by atoms with Crippen LogP contribution in [0.2, 0.25) is 0 Å². The number of likely N-dealkylation sites (N-methyl/N-ethyl adjacent to an activating group) is 1. The average Bonchev–Trinajstić information content (AvgIpc) is 3.12. The number of aliphatic imine (C=N–C) groups is 1. The van der Waals surface area contributed by atoms with Gasteiger partial charge in [0.1, 0.15) is 0 Å². The van der Waals surface area contributed by atoms with Crippen LogP contribution in [-0.4, -0.2) is 56.5 Å². The Bertz CT molecular complexity index is 511. The Labute approximate surface area is 161 Å². The first kappa shape index (κ1) is 19.0. The Morgan fingerprint density at radius 2 is 2.22 bits per heavy atom. The van der Waals surface area contributed by atoms with E-state index in [1.807, 2.05) is 18.4 Å². The van der Waals surface area contributed by atoms with Crippen LogP contribution >= 0.6 is 35.3 Å². The molecule has 23 heavy (non-hydrogen) atoms. The largest absolute Gasteiger partial charge is 0.354 e. The van der Waals surface area contributed by atoms with Gasteiger partial charge < -0.3 is 15.1 Å². The van der Waals surface area contributed by atoms with Crippen LogP contribution in [0, 0.1) is 5.41 Å². The molecule has 1 aliphatic heterocycles. The van der Waals surface area contributed by atoms with Gasteiger partial charge in [-0.25, -0.2) is 0 Å². The molecule has 1 unspecified atom stereocenters. The van der Waals surface area contributed by atoms with Crippen molar-refractivity contribution in [2.24, 2.45) is 10.4 Å². The topological polar surface area (TPSA) is 30.9 Å². The number of thiophene rings is 1. The Morgan fingerprint density at radius 1 is 1.43 bits per heavy atom. The van der Waals surface area contributed by atoms with Gasteiger partial charge in [0.25, 0.3) is 0 Å². The zero-order valence-corrected chi connectivity index (χ0v) is 17.6. The molecule has 1 aliphatic carbocycles. The number of hydrogen-bond donors (Lipinski definition) is 1. The average molecular weight is 448 g/mol. The fourth-order valence-electron chi connectivity index (χ4n) is 3.74. The fourth-order valence-corrected chi connectivity index (χ4v) is 4.66. The lowest BCUT2D eigenvalue weighted by molar-refractivity contribution is 0.151. The van der Waals surface area contributed by atoms with E-state index < -0.39 is 0 Å². The van der Waals surface area contributed by atoms with Crippen molar-refractivity contribution in [3.8, 4) is 0 Å². The van der Waals surface area contributed by atoms with Crippen molar-refractivity contribution in [1.29, 1.82) is 0 Å². The number of likely N-dealkylation sites (tertiary alicyclic amines) is 1. The summed E-state index contributed by atoms with van der Waals surface area (Å²) in [5.74, 6) is 1.08. The third-order valence-corrected chi connectivity index (χ3v) is 6.29. The molecule has 2 fully saturated rings. The Balaban J connectivity index is 0.00000192. The van der Waals surface area contributed by atoms with Gasteiger partial charge in [0, 0.05) is 31.6 Å². The van der Waals surface area contributed by atoms with Crippen LogP contribution in [0.1, 0.15) is 36.6 Å². The molecule has 0 bridgehead atoms. The highest BCUT2D eigenvalue weighted by atomic mass is 127. The van der Waals surface area contributed by atoms with E-state index in [0.717, 1.165) is 19.0 Å². The number of nitrogens with zero attached hydrogens (tertiary/aromatic N) is 3. The number of hydrogen-bond acceptors (Lipinski definition) is 3. The van der Waals surface area contributed by atoms with E-state index in [4.69, 9.17) is 0 Å². The summed E-state index contributed by atoms with van der Waals surface area (Å²) >= 11 is 1.83. The summed E-state index contributed by atoms with van der Waals surface area (Å²) in [4.78, 5) is 10.7. The normalized spacial score (nSPS) is 21.2. The van der Waals surface area contributed by atoms with Gasteiger partial charge in [-0.05, 0) is 50.2 Å². The van der Waals surface area contributed by atoms with Crippen molar-refractivity contribution >= 4 is 41.3 Å². The van der Waals surface area contributed by atoms with Crippen LogP contribution in [0.5, 0.6) is 0 Å². The first-order valence-electron chi connectivity index (χ1n) is 8.29. The van der Waals surface area contributed by atoms with Crippen molar-refractivity contribution in [2.45, 2.75) is 31.7 Å². The van der Waals surface area contributed by atoms with Crippen molar-refractivity contribution in [3.05, 3.63) is 22.4 Å². The molecule has 2 heterocycles. The summed E-state index contributed by atoms with van der Waals surface area (Å²) in [5, 5.41) is 5.76. The zero-order valence-electron chi connectivity index (χ0n) is 14.4. The molecule has 0 amide bonds. The second kappa shape index (κ2) is 8.16. The zero-order chi connectivity index (χ0) is 15.6. The van der Waals surface area contributed by atoms with Gasteiger partial charge in [0.05, 0.1) is 6.04 Å². The molecule has 1 spiro atoms. The molecular formula is C17H29IN4S. The summed E-state index contributed by atoms with van der Waals surface area (Å²) in [5.41, 5.74) is 0.617. The minimum atomic E-state index is 0. The highest BCUT2D eigenvalue weighted by molar-refractivity contribution is 14.0. The maximum absolute atomic E-state index is 4.52. The summed E-state index contributed by atoms with van der Waals surface area (Å²) < 4.78 is 0. The molecule has 6 heteroatoms. The second-order valence-electron chi connectivity index (χ2n) is 6.95. The van der Waals surface area contributed by atoms with Crippen LogP contribution in [0.15, 0.2) is 22.5 Å². The van der Waals surface area contributed by atoms with Crippen LogP contribution in [0.25, 0.3) is 0 Å². The highest BCUT2D eigenvalue weighted by Crippen LogP contribution is 2.47. The van der Waals surface area contributed by atoms with Crippen molar-refractivity contribution in [2.75, 3.05) is 40.8 Å². The van der Waals surface area contributed by atoms with Gasteiger partial charge in [-0.15, -0.1) is 35.3 Å². The SMILES string of the molecule is CN=C(NCC(c1cccs1)N(C)C)N1CCC2(CCC2)C1.I. The maximum atomic E-state index is 4.52. The first-order valence-corrected chi connectivity index (χ1v) is 9.17. The van der Waals surface area contributed by atoms with Crippen LogP contribution < -0.4 is 5.32 Å². The Morgan fingerprint density at radius 3 is 2.70 bits per heavy atom. The van der Waals surface area contributed by atoms with Gasteiger partial charge >= 0.3 is 0 Å². The van der Waals surface area contributed by atoms with E-state index in [2.05, 4.69) is 51.7 Å². The van der Waals surface area contributed by atoms with E-state index in [1.54, 1.807) is 0 Å². The number of nitrogens with one attached hydrogen (secondary N) is 1. The summed E-state index contributed by atoms with van der Waals surface area (Å²) in [7, 11) is 6.20. The Kier molecular flexibility index (Phi) is 6.74. The minimum absolute atomic E-state index is 0. The number of halogens is 1. The lowest BCUT2D eigenvalue weighted by Gasteiger charge is -2.38. The van der Waals surface area contributed by atoms with E-state index in [0.29, 0.717) is 11.5 Å². The molecule has 4 nitrogen and oxygen atoms in total. The molecule has 1 aromatic heterocycles. The Hall–Kier alpha value is -0.340. The molecule has 1 N–H and O–H groups in total. The number of guanidine groups is 1. The molecular weight excluding hydrogens is 419 g/mol. The third kappa shape index (κ3) is 4.20. The smallest absolute Gasteiger partial charge is 0.193 e.